The first-order valence-corrected chi connectivity index (χ1v) is 6.36. The van der Waals surface area contributed by atoms with Crippen molar-refractivity contribution in [1.29, 1.82) is 0 Å². The van der Waals surface area contributed by atoms with Crippen LogP contribution in [0.4, 0.5) is 0 Å². The summed E-state index contributed by atoms with van der Waals surface area (Å²) < 4.78 is 10.8. The SMILES string of the molecule is CCOc1cc(/C=C/C(C)NC)cc(Cl)c1OC. The maximum atomic E-state index is 6.17. The molecule has 0 spiro atoms. The normalized spacial score (nSPS) is 12.7. The fourth-order valence-electron chi connectivity index (χ4n) is 1.50. The number of rotatable bonds is 6. The molecular formula is C14H20ClNO2. The lowest BCUT2D eigenvalue weighted by Gasteiger charge is -2.12. The number of ether oxygens (including phenoxy) is 2. The van der Waals surface area contributed by atoms with Gasteiger partial charge in [-0.1, -0.05) is 23.8 Å². The van der Waals surface area contributed by atoms with Gasteiger partial charge in [0.15, 0.2) is 11.5 Å². The Labute approximate surface area is 114 Å². The first kappa shape index (κ1) is 14.9. The lowest BCUT2D eigenvalue weighted by molar-refractivity contribution is 0.311. The van der Waals surface area contributed by atoms with E-state index in [2.05, 4.69) is 18.3 Å². The molecule has 0 saturated carbocycles. The molecular weight excluding hydrogens is 250 g/mol. The second kappa shape index (κ2) is 7.29. The van der Waals surface area contributed by atoms with Crippen molar-refractivity contribution < 1.29 is 9.47 Å². The van der Waals surface area contributed by atoms with Crippen molar-refractivity contribution >= 4 is 17.7 Å². The van der Waals surface area contributed by atoms with Crippen molar-refractivity contribution in [2.45, 2.75) is 19.9 Å². The fourth-order valence-corrected chi connectivity index (χ4v) is 1.79. The number of likely N-dealkylation sites (N-methyl/N-ethyl adjacent to an activating group) is 1. The predicted octanol–water partition coefficient (Wildman–Crippen LogP) is 3.37. The Bertz CT molecular complexity index is 419. The minimum atomic E-state index is 0.307. The number of nitrogens with one attached hydrogen (secondary N) is 1. The Balaban J connectivity index is 3.04. The highest BCUT2D eigenvalue weighted by molar-refractivity contribution is 6.32. The van der Waals surface area contributed by atoms with Gasteiger partial charge >= 0.3 is 0 Å². The summed E-state index contributed by atoms with van der Waals surface area (Å²) in [4.78, 5) is 0. The topological polar surface area (TPSA) is 30.5 Å². The van der Waals surface area contributed by atoms with Gasteiger partial charge in [-0.05, 0) is 38.6 Å². The highest BCUT2D eigenvalue weighted by atomic mass is 35.5. The summed E-state index contributed by atoms with van der Waals surface area (Å²) in [6, 6.07) is 4.09. The molecule has 0 bridgehead atoms. The molecule has 0 aliphatic rings. The summed E-state index contributed by atoms with van der Waals surface area (Å²) in [6.07, 6.45) is 4.07. The minimum absolute atomic E-state index is 0.307. The quantitative estimate of drug-likeness (QED) is 0.859. The smallest absolute Gasteiger partial charge is 0.179 e. The average molecular weight is 270 g/mol. The molecule has 0 aliphatic carbocycles. The first-order valence-electron chi connectivity index (χ1n) is 5.98. The Kier molecular flexibility index (Phi) is 6.02. The Hall–Kier alpha value is -1.19. The number of hydrogen-bond acceptors (Lipinski definition) is 3. The minimum Gasteiger partial charge on any atom is -0.491 e. The highest BCUT2D eigenvalue weighted by Gasteiger charge is 2.10. The average Bonchev–Trinajstić information content (AvgIpc) is 2.36. The number of benzene rings is 1. The van der Waals surface area contributed by atoms with E-state index < -0.39 is 0 Å². The zero-order valence-electron chi connectivity index (χ0n) is 11.3. The van der Waals surface area contributed by atoms with Crippen LogP contribution in [0.15, 0.2) is 18.2 Å². The Morgan fingerprint density at radius 3 is 2.72 bits per heavy atom. The van der Waals surface area contributed by atoms with Crippen LogP contribution < -0.4 is 14.8 Å². The van der Waals surface area contributed by atoms with Crippen LogP contribution in [0.2, 0.25) is 5.02 Å². The molecule has 0 radical (unpaired) electrons. The zero-order chi connectivity index (χ0) is 13.5. The van der Waals surface area contributed by atoms with Gasteiger partial charge in [0, 0.05) is 6.04 Å². The second-order valence-electron chi connectivity index (χ2n) is 3.90. The lowest BCUT2D eigenvalue weighted by Crippen LogP contribution is -2.17. The molecule has 1 rings (SSSR count). The number of hydrogen-bond donors (Lipinski definition) is 1. The van der Waals surface area contributed by atoms with Gasteiger partial charge in [0.05, 0.1) is 18.7 Å². The van der Waals surface area contributed by atoms with Gasteiger partial charge in [-0.15, -0.1) is 0 Å². The second-order valence-corrected chi connectivity index (χ2v) is 4.31. The molecule has 0 heterocycles. The van der Waals surface area contributed by atoms with E-state index in [1.807, 2.05) is 32.2 Å². The zero-order valence-corrected chi connectivity index (χ0v) is 12.0. The Morgan fingerprint density at radius 1 is 1.44 bits per heavy atom. The van der Waals surface area contributed by atoms with Gasteiger partial charge in [-0.2, -0.15) is 0 Å². The molecule has 1 aromatic carbocycles. The summed E-state index contributed by atoms with van der Waals surface area (Å²) in [6.45, 7) is 4.58. The van der Waals surface area contributed by atoms with E-state index in [-0.39, 0.29) is 0 Å². The van der Waals surface area contributed by atoms with E-state index in [4.69, 9.17) is 21.1 Å². The van der Waals surface area contributed by atoms with E-state index >= 15 is 0 Å². The van der Waals surface area contributed by atoms with Crippen LogP contribution in [0.25, 0.3) is 6.08 Å². The van der Waals surface area contributed by atoms with Gasteiger partial charge < -0.3 is 14.8 Å². The van der Waals surface area contributed by atoms with Gasteiger partial charge in [-0.25, -0.2) is 0 Å². The van der Waals surface area contributed by atoms with Gasteiger partial charge in [0.1, 0.15) is 0 Å². The van der Waals surface area contributed by atoms with Crippen LogP contribution in [-0.4, -0.2) is 26.8 Å². The van der Waals surface area contributed by atoms with Gasteiger partial charge in [-0.3, -0.25) is 0 Å². The fraction of sp³-hybridized carbons (Fsp3) is 0.429. The third-order valence-electron chi connectivity index (χ3n) is 2.57. The molecule has 0 aromatic heterocycles. The summed E-state index contributed by atoms with van der Waals surface area (Å²) >= 11 is 6.17. The van der Waals surface area contributed by atoms with Crippen LogP contribution in [0.3, 0.4) is 0 Å². The van der Waals surface area contributed by atoms with Crippen molar-refractivity contribution in [3.8, 4) is 11.5 Å². The van der Waals surface area contributed by atoms with Crippen molar-refractivity contribution in [2.75, 3.05) is 20.8 Å². The molecule has 4 heteroatoms. The molecule has 0 fully saturated rings. The predicted molar refractivity (Wildman–Crippen MR) is 76.7 cm³/mol. The number of methoxy groups -OCH3 is 1. The van der Waals surface area contributed by atoms with Crippen LogP contribution >= 0.6 is 11.6 Å². The van der Waals surface area contributed by atoms with Crippen molar-refractivity contribution in [3.05, 3.63) is 28.8 Å². The molecule has 0 saturated heterocycles. The summed E-state index contributed by atoms with van der Waals surface area (Å²) in [7, 11) is 3.50. The number of halogens is 1. The molecule has 0 amide bonds. The first-order chi connectivity index (χ1) is 8.62. The maximum absolute atomic E-state index is 6.17. The summed E-state index contributed by atoms with van der Waals surface area (Å²) in [5.41, 5.74) is 0.992. The van der Waals surface area contributed by atoms with Crippen molar-refractivity contribution in [2.24, 2.45) is 0 Å². The van der Waals surface area contributed by atoms with Gasteiger partial charge in [0.2, 0.25) is 0 Å². The molecule has 100 valence electrons. The molecule has 1 unspecified atom stereocenters. The van der Waals surface area contributed by atoms with E-state index in [0.29, 0.717) is 29.2 Å². The molecule has 1 N–H and O–H groups in total. The third-order valence-corrected chi connectivity index (χ3v) is 2.85. The van der Waals surface area contributed by atoms with E-state index in [1.165, 1.54) is 0 Å². The molecule has 3 nitrogen and oxygen atoms in total. The summed E-state index contributed by atoms with van der Waals surface area (Å²) in [5, 5.41) is 3.69. The van der Waals surface area contributed by atoms with Crippen molar-refractivity contribution in [3.63, 3.8) is 0 Å². The largest absolute Gasteiger partial charge is 0.491 e. The lowest BCUT2D eigenvalue weighted by atomic mass is 10.1. The molecule has 1 atom stereocenters. The molecule has 1 aromatic rings. The monoisotopic (exact) mass is 269 g/mol. The summed E-state index contributed by atoms with van der Waals surface area (Å²) in [5.74, 6) is 1.25. The Morgan fingerprint density at radius 2 is 2.17 bits per heavy atom. The maximum Gasteiger partial charge on any atom is 0.179 e. The third kappa shape index (κ3) is 3.93. The van der Waals surface area contributed by atoms with Crippen molar-refractivity contribution in [1.82, 2.24) is 5.32 Å². The van der Waals surface area contributed by atoms with E-state index in [9.17, 15) is 0 Å². The van der Waals surface area contributed by atoms with E-state index in [0.717, 1.165) is 5.56 Å². The van der Waals surface area contributed by atoms with E-state index in [1.54, 1.807) is 7.11 Å². The van der Waals surface area contributed by atoms with Crippen LogP contribution in [0.5, 0.6) is 11.5 Å². The standard InChI is InChI=1S/C14H20ClNO2/c1-5-18-13-9-11(7-6-10(2)16-3)8-12(15)14(13)17-4/h6-10,16H,5H2,1-4H3/b7-6+. The molecule has 18 heavy (non-hydrogen) atoms. The van der Waals surface area contributed by atoms with Crippen LogP contribution in [0, 0.1) is 0 Å². The highest BCUT2D eigenvalue weighted by Crippen LogP contribution is 2.36. The van der Waals surface area contributed by atoms with Crippen LogP contribution in [0.1, 0.15) is 19.4 Å². The van der Waals surface area contributed by atoms with Gasteiger partial charge in [0.25, 0.3) is 0 Å². The molecule has 0 aliphatic heterocycles. The van der Waals surface area contributed by atoms with Crippen LogP contribution in [-0.2, 0) is 0 Å².